The highest BCUT2D eigenvalue weighted by Gasteiger charge is 2.19. The summed E-state index contributed by atoms with van der Waals surface area (Å²) in [5.74, 6) is 0.964. The largest absolute Gasteiger partial charge is 0.363 e. The molecule has 0 saturated heterocycles. The number of aromatic nitrogens is 3. The van der Waals surface area contributed by atoms with Gasteiger partial charge < -0.3 is 5.32 Å². The van der Waals surface area contributed by atoms with Crippen LogP contribution in [0.1, 0.15) is 48.2 Å². The minimum Gasteiger partial charge on any atom is -0.363 e. The van der Waals surface area contributed by atoms with Crippen molar-refractivity contribution in [2.75, 3.05) is 5.32 Å². The number of hydrogen-bond acceptors (Lipinski definition) is 5. The Morgan fingerprint density at radius 1 is 1.17 bits per heavy atom. The van der Waals surface area contributed by atoms with E-state index in [1.165, 1.54) is 47.1 Å². The second-order valence-corrected chi connectivity index (χ2v) is 7.20. The molecule has 3 aromatic heterocycles. The van der Waals surface area contributed by atoms with Crippen molar-refractivity contribution in [3.05, 3.63) is 46.9 Å². The summed E-state index contributed by atoms with van der Waals surface area (Å²) in [6, 6.07) is 4.24. The second-order valence-electron chi connectivity index (χ2n) is 6.12. The van der Waals surface area contributed by atoms with E-state index in [4.69, 9.17) is 0 Å². The third kappa shape index (κ3) is 2.81. The first-order valence-electron chi connectivity index (χ1n) is 8.24. The fourth-order valence-electron chi connectivity index (χ4n) is 3.30. The zero-order valence-electron chi connectivity index (χ0n) is 13.2. The third-order valence-electron chi connectivity index (χ3n) is 4.54. The van der Waals surface area contributed by atoms with Gasteiger partial charge in [-0.15, -0.1) is 11.3 Å². The van der Waals surface area contributed by atoms with Gasteiger partial charge in [-0.2, -0.15) is 0 Å². The molecule has 0 aliphatic heterocycles. The number of pyridine rings is 1. The van der Waals surface area contributed by atoms with Gasteiger partial charge in [-0.25, -0.2) is 9.97 Å². The van der Waals surface area contributed by atoms with Gasteiger partial charge in [0.15, 0.2) is 0 Å². The number of nitrogens with zero attached hydrogens (tertiary/aromatic N) is 3. The maximum absolute atomic E-state index is 4.55. The Kier molecular flexibility index (Phi) is 3.95. The summed E-state index contributed by atoms with van der Waals surface area (Å²) in [6.07, 6.45) is 11.6. The molecule has 0 unspecified atom stereocenters. The van der Waals surface area contributed by atoms with Crippen LogP contribution in [0.3, 0.4) is 0 Å². The van der Waals surface area contributed by atoms with Crippen LogP contribution in [0.4, 0.5) is 5.82 Å². The van der Waals surface area contributed by atoms with Crippen molar-refractivity contribution in [2.24, 2.45) is 0 Å². The van der Waals surface area contributed by atoms with E-state index in [1.54, 1.807) is 12.5 Å². The molecule has 1 aliphatic rings. The lowest BCUT2D eigenvalue weighted by Crippen LogP contribution is -2.09. The maximum atomic E-state index is 4.55. The molecule has 0 saturated carbocycles. The molecule has 1 N–H and O–H groups in total. The van der Waals surface area contributed by atoms with Crippen molar-refractivity contribution >= 4 is 27.4 Å². The fraction of sp³-hybridized carbons (Fsp3) is 0.389. The van der Waals surface area contributed by atoms with Crippen LogP contribution in [0.15, 0.2) is 30.9 Å². The van der Waals surface area contributed by atoms with E-state index in [2.05, 4.69) is 33.3 Å². The Morgan fingerprint density at radius 2 is 2.09 bits per heavy atom. The topological polar surface area (TPSA) is 50.7 Å². The molecule has 1 aliphatic carbocycles. The van der Waals surface area contributed by atoms with Crippen LogP contribution < -0.4 is 5.32 Å². The van der Waals surface area contributed by atoms with E-state index >= 15 is 0 Å². The fourth-order valence-corrected chi connectivity index (χ4v) is 4.53. The average molecular weight is 324 g/mol. The molecule has 0 fully saturated rings. The quantitative estimate of drug-likeness (QED) is 0.719. The molecular weight excluding hydrogens is 304 g/mol. The van der Waals surface area contributed by atoms with Crippen molar-refractivity contribution in [3.63, 3.8) is 0 Å². The monoisotopic (exact) mass is 324 g/mol. The zero-order valence-corrected chi connectivity index (χ0v) is 14.1. The van der Waals surface area contributed by atoms with Crippen molar-refractivity contribution < 1.29 is 0 Å². The van der Waals surface area contributed by atoms with E-state index < -0.39 is 0 Å². The van der Waals surface area contributed by atoms with Crippen molar-refractivity contribution in [2.45, 2.75) is 45.1 Å². The summed E-state index contributed by atoms with van der Waals surface area (Å²) in [5, 5.41) is 4.81. The molecule has 4 rings (SSSR count). The van der Waals surface area contributed by atoms with Gasteiger partial charge in [-0.3, -0.25) is 4.98 Å². The molecule has 0 spiro atoms. The van der Waals surface area contributed by atoms with Crippen molar-refractivity contribution in [3.8, 4) is 0 Å². The van der Waals surface area contributed by atoms with E-state index in [-0.39, 0.29) is 6.04 Å². The second kappa shape index (κ2) is 6.24. The van der Waals surface area contributed by atoms with E-state index in [9.17, 15) is 0 Å². The number of thiophene rings is 1. The normalized spacial score (nSPS) is 15.9. The molecule has 4 nitrogen and oxygen atoms in total. The van der Waals surface area contributed by atoms with Gasteiger partial charge >= 0.3 is 0 Å². The highest BCUT2D eigenvalue weighted by molar-refractivity contribution is 7.18. The number of rotatable bonds is 3. The van der Waals surface area contributed by atoms with Gasteiger partial charge in [0.25, 0.3) is 0 Å². The smallest absolute Gasteiger partial charge is 0.138 e. The number of aryl methyl sites for hydroxylation is 2. The molecule has 23 heavy (non-hydrogen) atoms. The zero-order chi connectivity index (χ0) is 15.6. The Labute approximate surface area is 140 Å². The van der Waals surface area contributed by atoms with Crippen LogP contribution in [0.2, 0.25) is 0 Å². The standard InChI is InChI=1S/C18H20N4S/c1-12(13-6-5-9-19-10-13)22-17-16-14-7-3-2-4-8-15(14)23-18(16)21-11-20-17/h5-6,9-12H,2-4,7-8H2,1H3,(H,20,21,22)/t12-/m1/s1. The molecule has 118 valence electrons. The molecule has 0 bridgehead atoms. The first-order valence-corrected chi connectivity index (χ1v) is 9.06. The Balaban J connectivity index is 1.73. The number of nitrogens with one attached hydrogen (secondary N) is 1. The van der Waals surface area contributed by atoms with Crippen LogP contribution >= 0.6 is 11.3 Å². The molecule has 0 amide bonds. The molecule has 3 heterocycles. The molecule has 1 atom stereocenters. The Morgan fingerprint density at radius 3 is 2.96 bits per heavy atom. The molecule has 0 radical (unpaired) electrons. The van der Waals surface area contributed by atoms with E-state index in [1.807, 2.05) is 23.6 Å². The summed E-state index contributed by atoms with van der Waals surface area (Å²) in [5.41, 5.74) is 2.64. The predicted octanol–water partition coefficient (Wildman–Crippen LogP) is 4.53. The summed E-state index contributed by atoms with van der Waals surface area (Å²) in [7, 11) is 0. The van der Waals surface area contributed by atoms with E-state index in [0.717, 1.165) is 17.1 Å². The highest BCUT2D eigenvalue weighted by Crippen LogP contribution is 2.38. The first kappa shape index (κ1) is 14.6. The minimum absolute atomic E-state index is 0.170. The minimum atomic E-state index is 0.170. The number of hydrogen-bond donors (Lipinski definition) is 1. The summed E-state index contributed by atoms with van der Waals surface area (Å²) < 4.78 is 0. The average Bonchev–Trinajstić information content (AvgIpc) is 2.78. The maximum Gasteiger partial charge on any atom is 0.138 e. The lowest BCUT2D eigenvalue weighted by molar-refractivity contribution is 0.713. The lowest BCUT2D eigenvalue weighted by atomic mass is 10.1. The van der Waals surface area contributed by atoms with Crippen LogP contribution in [0.5, 0.6) is 0 Å². The first-order chi connectivity index (χ1) is 11.3. The molecule has 3 aromatic rings. The van der Waals surface area contributed by atoms with Gasteiger partial charge in [-0.05, 0) is 49.8 Å². The Hall–Kier alpha value is -2.01. The molecular formula is C18H20N4S. The predicted molar refractivity (Wildman–Crippen MR) is 94.9 cm³/mol. The SMILES string of the molecule is C[C@@H](Nc1ncnc2sc3c(c12)CCCCC3)c1cccnc1. The van der Waals surface area contributed by atoms with Gasteiger partial charge in [0.2, 0.25) is 0 Å². The summed E-state index contributed by atoms with van der Waals surface area (Å²) in [6.45, 7) is 2.15. The Bertz CT molecular complexity index is 813. The molecule has 5 heteroatoms. The van der Waals surface area contributed by atoms with E-state index in [0.29, 0.717) is 0 Å². The molecule has 0 aromatic carbocycles. The van der Waals surface area contributed by atoms with Crippen LogP contribution in [-0.2, 0) is 12.8 Å². The van der Waals surface area contributed by atoms with Crippen LogP contribution in [0.25, 0.3) is 10.2 Å². The number of fused-ring (bicyclic) bond motifs is 3. The number of anilines is 1. The van der Waals surface area contributed by atoms with Gasteiger partial charge in [0.05, 0.1) is 11.4 Å². The van der Waals surface area contributed by atoms with Gasteiger partial charge in [0, 0.05) is 17.3 Å². The lowest BCUT2D eigenvalue weighted by Gasteiger charge is -2.15. The van der Waals surface area contributed by atoms with Crippen molar-refractivity contribution in [1.82, 2.24) is 15.0 Å². The third-order valence-corrected chi connectivity index (χ3v) is 5.74. The van der Waals surface area contributed by atoms with Crippen LogP contribution in [-0.4, -0.2) is 15.0 Å². The van der Waals surface area contributed by atoms with Crippen molar-refractivity contribution in [1.29, 1.82) is 0 Å². The summed E-state index contributed by atoms with van der Waals surface area (Å²) in [4.78, 5) is 15.9. The van der Waals surface area contributed by atoms with Crippen LogP contribution in [0, 0.1) is 0 Å². The van der Waals surface area contributed by atoms with Gasteiger partial charge in [-0.1, -0.05) is 12.5 Å². The highest BCUT2D eigenvalue weighted by atomic mass is 32.1. The summed E-state index contributed by atoms with van der Waals surface area (Å²) >= 11 is 1.85. The van der Waals surface area contributed by atoms with Gasteiger partial charge in [0.1, 0.15) is 17.0 Å².